The predicted molar refractivity (Wildman–Crippen MR) is 86.3 cm³/mol. The fraction of sp³-hybridized carbons (Fsp3) is 0.125. The van der Waals surface area contributed by atoms with Crippen LogP contribution in [0.1, 0.15) is 12.5 Å². The molecule has 0 spiro atoms. The monoisotopic (exact) mass is 334 g/mol. The molecule has 0 aliphatic rings. The van der Waals surface area contributed by atoms with Gasteiger partial charge in [-0.2, -0.15) is 5.26 Å². The summed E-state index contributed by atoms with van der Waals surface area (Å²) in [6.45, 7) is 1.63. The Labute approximate surface area is 138 Å². The standard InChI is InChI=1S/C16H12Cl2N2O2/c1-10(22-14-6-3-12(17)4-7-14)16(21)20-13-5-2-11(9-19)15(18)8-13/h2-8,10H,1H3,(H,20,21). The summed E-state index contributed by atoms with van der Waals surface area (Å²) < 4.78 is 5.52. The van der Waals surface area contributed by atoms with E-state index in [0.29, 0.717) is 22.0 Å². The Morgan fingerprint density at radius 1 is 1.23 bits per heavy atom. The van der Waals surface area contributed by atoms with Gasteiger partial charge in [0.05, 0.1) is 10.6 Å². The van der Waals surface area contributed by atoms with Crippen LogP contribution in [-0.2, 0) is 4.79 Å². The van der Waals surface area contributed by atoms with Crippen LogP contribution in [0.4, 0.5) is 5.69 Å². The Balaban J connectivity index is 2.00. The van der Waals surface area contributed by atoms with Gasteiger partial charge >= 0.3 is 0 Å². The smallest absolute Gasteiger partial charge is 0.265 e. The lowest BCUT2D eigenvalue weighted by atomic mass is 10.2. The van der Waals surface area contributed by atoms with Crippen molar-refractivity contribution in [3.05, 3.63) is 58.1 Å². The SMILES string of the molecule is CC(Oc1ccc(Cl)cc1)C(=O)Nc1ccc(C#N)c(Cl)c1. The predicted octanol–water partition coefficient (Wildman–Crippen LogP) is 4.27. The number of carbonyl (C=O) groups excluding carboxylic acids is 1. The van der Waals surface area contributed by atoms with E-state index >= 15 is 0 Å². The molecule has 1 atom stereocenters. The van der Waals surface area contributed by atoms with E-state index < -0.39 is 6.10 Å². The highest BCUT2D eigenvalue weighted by Crippen LogP contribution is 2.21. The van der Waals surface area contributed by atoms with Gasteiger partial charge in [0.2, 0.25) is 0 Å². The number of nitriles is 1. The summed E-state index contributed by atoms with van der Waals surface area (Å²) in [6, 6.07) is 13.4. The van der Waals surface area contributed by atoms with Gasteiger partial charge in [-0.15, -0.1) is 0 Å². The number of benzene rings is 2. The first kappa shape index (κ1) is 16.2. The first-order chi connectivity index (χ1) is 10.5. The van der Waals surface area contributed by atoms with Crippen molar-refractivity contribution < 1.29 is 9.53 Å². The minimum Gasteiger partial charge on any atom is -0.481 e. The Kier molecular flexibility index (Phi) is 5.26. The van der Waals surface area contributed by atoms with Crippen LogP contribution in [0, 0.1) is 11.3 Å². The van der Waals surface area contributed by atoms with Gasteiger partial charge in [-0.3, -0.25) is 4.79 Å². The first-order valence-electron chi connectivity index (χ1n) is 6.42. The van der Waals surface area contributed by atoms with Gasteiger partial charge in [-0.25, -0.2) is 0 Å². The van der Waals surface area contributed by atoms with E-state index in [1.54, 1.807) is 43.3 Å². The molecule has 0 fully saturated rings. The quantitative estimate of drug-likeness (QED) is 0.907. The van der Waals surface area contributed by atoms with Gasteiger partial charge in [0.1, 0.15) is 11.8 Å². The van der Waals surface area contributed by atoms with Crippen LogP contribution in [-0.4, -0.2) is 12.0 Å². The molecule has 4 nitrogen and oxygen atoms in total. The van der Waals surface area contributed by atoms with Gasteiger partial charge < -0.3 is 10.1 Å². The molecular formula is C16H12Cl2N2O2. The molecule has 1 N–H and O–H groups in total. The van der Waals surface area contributed by atoms with Gasteiger partial charge in [-0.1, -0.05) is 23.2 Å². The summed E-state index contributed by atoms with van der Waals surface area (Å²) in [5.74, 6) is 0.223. The molecule has 1 amide bonds. The van der Waals surface area contributed by atoms with Crippen molar-refractivity contribution in [1.82, 2.24) is 0 Å². The van der Waals surface area contributed by atoms with Crippen LogP contribution in [0.3, 0.4) is 0 Å². The van der Waals surface area contributed by atoms with Gasteiger partial charge in [0, 0.05) is 10.7 Å². The minimum absolute atomic E-state index is 0.284. The molecule has 0 radical (unpaired) electrons. The van der Waals surface area contributed by atoms with Crippen molar-refractivity contribution in [2.45, 2.75) is 13.0 Å². The molecule has 0 saturated heterocycles. The highest BCUT2D eigenvalue weighted by molar-refractivity contribution is 6.32. The Morgan fingerprint density at radius 2 is 1.91 bits per heavy atom. The van der Waals surface area contributed by atoms with Crippen LogP contribution < -0.4 is 10.1 Å². The topological polar surface area (TPSA) is 62.1 Å². The third kappa shape index (κ3) is 4.14. The number of hydrogen-bond acceptors (Lipinski definition) is 3. The van der Waals surface area contributed by atoms with Crippen LogP contribution >= 0.6 is 23.2 Å². The minimum atomic E-state index is -0.699. The first-order valence-corrected chi connectivity index (χ1v) is 7.18. The van der Waals surface area contributed by atoms with E-state index in [1.807, 2.05) is 6.07 Å². The summed E-state index contributed by atoms with van der Waals surface area (Å²) in [6.07, 6.45) is -0.699. The van der Waals surface area contributed by atoms with Crippen molar-refractivity contribution >= 4 is 34.8 Å². The number of hydrogen-bond donors (Lipinski definition) is 1. The van der Waals surface area contributed by atoms with Crippen molar-refractivity contribution in [3.8, 4) is 11.8 Å². The van der Waals surface area contributed by atoms with E-state index in [2.05, 4.69) is 5.32 Å². The molecule has 0 aliphatic heterocycles. The number of anilines is 1. The van der Waals surface area contributed by atoms with Crippen molar-refractivity contribution in [2.24, 2.45) is 0 Å². The van der Waals surface area contributed by atoms with Gasteiger partial charge in [0.25, 0.3) is 5.91 Å². The number of amides is 1. The maximum absolute atomic E-state index is 12.1. The molecule has 2 aromatic rings. The number of carbonyl (C=O) groups is 1. The van der Waals surface area contributed by atoms with Gasteiger partial charge in [0.15, 0.2) is 6.10 Å². The average molecular weight is 335 g/mol. The van der Waals surface area contributed by atoms with E-state index in [9.17, 15) is 4.79 Å². The average Bonchev–Trinajstić information content (AvgIpc) is 2.49. The number of rotatable bonds is 4. The lowest BCUT2D eigenvalue weighted by Crippen LogP contribution is -2.30. The lowest BCUT2D eigenvalue weighted by Gasteiger charge is -2.15. The molecular weight excluding hydrogens is 323 g/mol. The zero-order valence-corrected chi connectivity index (χ0v) is 13.2. The highest BCUT2D eigenvalue weighted by atomic mass is 35.5. The van der Waals surface area contributed by atoms with Crippen molar-refractivity contribution in [3.63, 3.8) is 0 Å². The lowest BCUT2D eigenvalue weighted by molar-refractivity contribution is -0.122. The van der Waals surface area contributed by atoms with Gasteiger partial charge in [-0.05, 0) is 49.4 Å². The third-order valence-electron chi connectivity index (χ3n) is 2.85. The normalized spacial score (nSPS) is 11.4. The van der Waals surface area contributed by atoms with Crippen LogP contribution in [0.5, 0.6) is 5.75 Å². The molecule has 0 heterocycles. The third-order valence-corrected chi connectivity index (χ3v) is 3.42. The zero-order valence-electron chi connectivity index (χ0n) is 11.6. The van der Waals surface area contributed by atoms with Crippen molar-refractivity contribution in [1.29, 1.82) is 5.26 Å². The Morgan fingerprint density at radius 3 is 2.50 bits per heavy atom. The Bertz CT molecular complexity index is 724. The summed E-state index contributed by atoms with van der Waals surface area (Å²) in [5.41, 5.74) is 0.852. The van der Waals surface area contributed by atoms with E-state index in [4.69, 9.17) is 33.2 Å². The zero-order chi connectivity index (χ0) is 16.1. The molecule has 2 rings (SSSR count). The molecule has 22 heavy (non-hydrogen) atoms. The molecule has 6 heteroatoms. The van der Waals surface area contributed by atoms with Crippen LogP contribution in [0.25, 0.3) is 0 Å². The second kappa shape index (κ2) is 7.17. The number of nitrogens with one attached hydrogen (secondary N) is 1. The molecule has 0 aromatic heterocycles. The molecule has 0 saturated carbocycles. The maximum Gasteiger partial charge on any atom is 0.265 e. The van der Waals surface area contributed by atoms with E-state index in [-0.39, 0.29) is 10.9 Å². The molecule has 0 bridgehead atoms. The van der Waals surface area contributed by atoms with Crippen LogP contribution in [0.2, 0.25) is 10.0 Å². The largest absolute Gasteiger partial charge is 0.481 e. The highest BCUT2D eigenvalue weighted by Gasteiger charge is 2.15. The van der Waals surface area contributed by atoms with Crippen molar-refractivity contribution in [2.75, 3.05) is 5.32 Å². The summed E-state index contributed by atoms with van der Waals surface area (Å²) in [7, 11) is 0. The maximum atomic E-state index is 12.1. The Hall–Kier alpha value is -2.22. The fourth-order valence-electron chi connectivity index (χ4n) is 1.70. The number of nitrogens with zero attached hydrogens (tertiary/aromatic N) is 1. The number of ether oxygens (including phenoxy) is 1. The van der Waals surface area contributed by atoms with E-state index in [1.165, 1.54) is 6.07 Å². The van der Waals surface area contributed by atoms with E-state index in [0.717, 1.165) is 0 Å². The number of halogens is 2. The molecule has 1 unspecified atom stereocenters. The summed E-state index contributed by atoms with van der Waals surface area (Å²) >= 11 is 11.7. The molecule has 2 aromatic carbocycles. The molecule has 112 valence electrons. The fourth-order valence-corrected chi connectivity index (χ4v) is 2.05. The molecule has 0 aliphatic carbocycles. The summed E-state index contributed by atoms with van der Waals surface area (Å²) in [5, 5.41) is 12.4. The second-order valence-corrected chi connectivity index (χ2v) is 5.35. The van der Waals surface area contributed by atoms with Crippen LogP contribution in [0.15, 0.2) is 42.5 Å². The summed E-state index contributed by atoms with van der Waals surface area (Å²) in [4.78, 5) is 12.1. The second-order valence-electron chi connectivity index (χ2n) is 4.51.